The van der Waals surface area contributed by atoms with Gasteiger partial charge in [0.1, 0.15) is 6.04 Å². The predicted molar refractivity (Wildman–Crippen MR) is 175 cm³/mol. The fourth-order valence-electron chi connectivity index (χ4n) is 4.53. The minimum absolute atomic E-state index is 0.0164. The normalized spacial score (nSPS) is 12.0. The van der Waals surface area contributed by atoms with Crippen LogP contribution in [0.3, 0.4) is 0 Å². The zero-order valence-corrected chi connectivity index (χ0v) is 25.4. The number of hydrogen-bond donors (Lipinski definition) is 7. The molecule has 0 unspecified atom stereocenters. The molecule has 2 aromatic carbocycles. The Bertz CT molecular complexity index is 1230. The molecule has 0 aliphatic carbocycles. The van der Waals surface area contributed by atoms with E-state index in [4.69, 9.17) is 34.4 Å². The Hall–Kier alpha value is -4.49. The van der Waals surface area contributed by atoms with E-state index in [1.165, 1.54) is 4.90 Å². The minimum Gasteiger partial charge on any atom is -0.370 e. The van der Waals surface area contributed by atoms with Gasteiger partial charge in [-0.25, -0.2) is 0 Å². The molecule has 0 saturated carbocycles. The highest BCUT2D eigenvalue weighted by molar-refractivity contribution is 6.00. The lowest BCUT2D eigenvalue weighted by molar-refractivity contribution is -0.147. The van der Waals surface area contributed by atoms with Crippen molar-refractivity contribution in [2.24, 2.45) is 44.4 Å². The first kappa shape index (κ1) is 35.7. The van der Waals surface area contributed by atoms with Crippen LogP contribution in [-0.4, -0.2) is 72.8 Å². The number of rotatable bonds is 19. The number of amides is 3. The standard InChI is InChI=1S/C31H48N10O3/c32-17-5-4-12-26(40-28(43)25(33)11-8-19-39-31(36)37)29(44)41(20-7-6-18-38-30(34)35)27(42)21-22-13-15-24(16-14-22)23-9-2-1-3-10-23/h1-3,9-10,13-16,25-26H,4-8,11-12,17-21,32-33H2,(H,40,43)(H4,34,35,38)(H4,36,37,39)/t25-,26-/m0/s1. The van der Waals surface area contributed by atoms with Crippen molar-refractivity contribution in [3.05, 3.63) is 60.2 Å². The van der Waals surface area contributed by atoms with Crippen molar-refractivity contribution in [1.29, 1.82) is 0 Å². The van der Waals surface area contributed by atoms with Gasteiger partial charge in [0.15, 0.2) is 11.9 Å². The molecule has 0 aliphatic rings. The Balaban J connectivity index is 2.19. The summed E-state index contributed by atoms with van der Waals surface area (Å²) in [5.41, 5.74) is 36.1. The van der Waals surface area contributed by atoms with Gasteiger partial charge in [-0.05, 0) is 68.2 Å². The molecule has 2 rings (SSSR count). The van der Waals surface area contributed by atoms with Crippen LogP contribution in [0.2, 0.25) is 0 Å². The molecule has 0 aromatic heterocycles. The van der Waals surface area contributed by atoms with Gasteiger partial charge >= 0.3 is 0 Å². The van der Waals surface area contributed by atoms with Crippen LogP contribution in [-0.2, 0) is 20.8 Å². The Kier molecular flexibility index (Phi) is 15.9. The molecular weight excluding hydrogens is 560 g/mol. The van der Waals surface area contributed by atoms with E-state index >= 15 is 0 Å². The molecule has 0 radical (unpaired) electrons. The number of imide groups is 1. The molecule has 0 saturated heterocycles. The summed E-state index contributed by atoms with van der Waals surface area (Å²) < 4.78 is 0. The lowest BCUT2D eigenvalue weighted by Gasteiger charge is -2.27. The van der Waals surface area contributed by atoms with Gasteiger partial charge in [0.25, 0.3) is 5.91 Å². The molecule has 2 aromatic rings. The summed E-state index contributed by atoms with van der Waals surface area (Å²) in [6.07, 6.45) is 3.42. The molecular formula is C31H48N10O3. The van der Waals surface area contributed by atoms with E-state index in [1.54, 1.807) is 0 Å². The number of aliphatic imine (C=N–C) groups is 2. The van der Waals surface area contributed by atoms with Gasteiger partial charge in [-0.15, -0.1) is 0 Å². The number of nitrogens with two attached hydrogens (primary N) is 6. The van der Waals surface area contributed by atoms with E-state index in [-0.39, 0.29) is 30.8 Å². The molecule has 13 N–H and O–H groups in total. The van der Waals surface area contributed by atoms with Crippen molar-refractivity contribution in [1.82, 2.24) is 10.2 Å². The molecule has 13 heteroatoms. The first-order valence-electron chi connectivity index (χ1n) is 15.0. The molecule has 0 bridgehead atoms. The molecule has 0 aliphatic heterocycles. The van der Waals surface area contributed by atoms with Crippen molar-refractivity contribution in [2.45, 2.75) is 63.5 Å². The van der Waals surface area contributed by atoms with Gasteiger partial charge in [0.05, 0.1) is 12.5 Å². The van der Waals surface area contributed by atoms with Gasteiger partial charge in [-0.3, -0.25) is 29.3 Å². The van der Waals surface area contributed by atoms with Gasteiger partial charge in [0, 0.05) is 19.6 Å². The summed E-state index contributed by atoms with van der Waals surface area (Å²) in [6, 6.07) is 15.7. The third kappa shape index (κ3) is 13.2. The Labute approximate surface area is 259 Å². The minimum atomic E-state index is -0.945. The Morgan fingerprint density at radius 3 is 1.98 bits per heavy atom. The smallest absolute Gasteiger partial charge is 0.251 e. The number of unbranched alkanes of at least 4 members (excludes halogenated alkanes) is 2. The first-order valence-corrected chi connectivity index (χ1v) is 15.0. The average molecular weight is 609 g/mol. The largest absolute Gasteiger partial charge is 0.370 e. The summed E-state index contributed by atoms with van der Waals surface area (Å²) in [5.74, 6) is -1.41. The van der Waals surface area contributed by atoms with Crippen LogP contribution in [0, 0.1) is 0 Å². The number of carbonyl (C=O) groups is 3. The topological polar surface area (TPSA) is 247 Å². The number of nitrogens with zero attached hydrogens (tertiary/aromatic N) is 3. The molecule has 0 spiro atoms. The maximum absolute atomic E-state index is 13.9. The van der Waals surface area contributed by atoms with Crippen LogP contribution in [0.25, 0.3) is 11.1 Å². The summed E-state index contributed by atoms with van der Waals surface area (Å²) in [6.45, 7) is 1.28. The first-order chi connectivity index (χ1) is 21.1. The van der Waals surface area contributed by atoms with Crippen LogP contribution in [0.15, 0.2) is 64.6 Å². The Morgan fingerprint density at radius 2 is 1.36 bits per heavy atom. The third-order valence-corrected chi connectivity index (χ3v) is 6.93. The molecule has 0 heterocycles. The van der Waals surface area contributed by atoms with Crippen LogP contribution in [0.1, 0.15) is 50.5 Å². The van der Waals surface area contributed by atoms with E-state index < -0.39 is 23.9 Å². The zero-order chi connectivity index (χ0) is 32.3. The number of hydrogen-bond acceptors (Lipinski definition) is 7. The second kappa shape index (κ2) is 19.7. The Morgan fingerprint density at radius 1 is 0.750 bits per heavy atom. The van der Waals surface area contributed by atoms with Crippen molar-refractivity contribution >= 4 is 29.6 Å². The second-order valence-electron chi connectivity index (χ2n) is 10.5. The maximum Gasteiger partial charge on any atom is 0.251 e. The molecule has 240 valence electrons. The number of guanidine groups is 2. The van der Waals surface area contributed by atoms with Gasteiger partial charge in [-0.2, -0.15) is 0 Å². The monoisotopic (exact) mass is 608 g/mol. The second-order valence-corrected chi connectivity index (χ2v) is 10.5. The SMILES string of the molecule is NCCCC[C@H](NC(=O)[C@@H](N)CCCN=C(N)N)C(=O)N(CCCCN=C(N)N)C(=O)Cc1ccc(-c2ccccc2)cc1. The zero-order valence-electron chi connectivity index (χ0n) is 25.4. The van der Waals surface area contributed by atoms with Crippen molar-refractivity contribution in [3.8, 4) is 11.1 Å². The van der Waals surface area contributed by atoms with E-state index in [9.17, 15) is 14.4 Å². The van der Waals surface area contributed by atoms with Crippen LogP contribution >= 0.6 is 0 Å². The number of carbonyl (C=O) groups excluding carboxylic acids is 3. The molecule has 0 fully saturated rings. The molecule has 44 heavy (non-hydrogen) atoms. The van der Waals surface area contributed by atoms with E-state index in [2.05, 4.69) is 15.3 Å². The lowest BCUT2D eigenvalue weighted by atomic mass is 10.0. The molecule has 2 atom stereocenters. The van der Waals surface area contributed by atoms with Crippen molar-refractivity contribution < 1.29 is 14.4 Å². The van der Waals surface area contributed by atoms with Crippen LogP contribution in [0.4, 0.5) is 0 Å². The van der Waals surface area contributed by atoms with E-state index in [1.807, 2.05) is 54.6 Å². The van der Waals surface area contributed by atoms with E-state index in [0.29, 0.717) is 64.6 Å². The fourth-order valence-corrected chi connectivity index (χ4v) is 4.53. The van der Waals surface area contributed by atoms with Crippen molar-refractivity contribution in [3.63, 3.8) is 0 Å². The van der Waals surface area contributed by atoms with Crippen LogP contribution in [0.5, 0.6) is 0 Å². The summed E-state index contributed by atoms with van der Waals surface area (Å²) >= 11 is 0. The number of nitrogens with one attached hydrogen (secondary N) is 1. The molecule has 13 nitrogen and oxygen atoms in total. The van der Waals surface area contributed by atoms with Crippen molar-refractivity contribution in [2.75, 3.05) is 26.2 Å². The number of benzene rings is 2. The highest BCUT2D eigenvalue weighted by Gasteiger charge is 2.30. The average Bonchev–Trinajstić information content (AvgIpc) is 3.00. The fraction of sp³-hybridized carbons (Fsp3) is 0.452. The maximum atomic E-state index is 13.9. The van der Waals surface area contributed by atoms with Gasteiger partial charge in [-0.1, -0.05) is 54.6 Å². The summed E-state index contributed by atoms with van der Waals surface area (Å²) in [5, 5.41) is 2.78. The van der Waals surface area contributed by atoms with Crippen LogP contribution < -0.4 is 39.7 Å². The van der Waals surface area contributed by atoms with E-state index in [0.717, 1.165) is 16.7 Å². The third-order valence-electron chi connectivity index (χ3n) is 6.93. The van der Waals surface area contributed by atoms with Gasteiger partial charge < -0.3 is 39.7 Å². The lowest BCUT2D eigenvalue weighted by Crippen LogP contribution is -2.54. The highest BCUT2D eigenvalue weighted by Crippen LogP contribution is 2.20. The quantitative estimate of drug-likeness (QED) is 0.0657. The predicted octanol–water partition coefficient (Wildman–Crippen LogP) is 0.300. The highest BCUT2D eigenvalue weighted by atomic mass is 16.2. The molecule has 3 amide bonds. The summed E-state index contributed by atoms with van der Waals surface area (Å²) in [4.78, 5) is 49.6. The van der Waals surface area contributed by atoms with Gasteiger partial charge in [0.2, 0.25) is 11.8 Å². The summed E-state index contributed by atoms with van der Waals surface area (Å²) in [7, 11) is 0.